The Morgan fingerprint density at radius 2 is 1.85 bits per heavy atom. The van der Waals surface area contributed by atoms with E-state index >= 15 is 0 Å². The normalized spacial score (nSPS) is 15.5. The number of aliphatic hydroxyl groups is 1. The van der Waals surface area contributed by atoms with Crippen LogP contribution in [0.5, 0.6) is 0 Å². The Morgan fingerprint density at radius 3 is 2.40 bits per heavy atom. The van der Waals surface area contributed by atoms with E-state index in [1.165, 1.54) is 0 Å². The number of aliphatic hydroxyl groups excluding tert-OH is 1. The minimum absolute atomic E-state index is 0.0804. The number of amides is 2. The Hall–Kier alpha value is -1.59. The zero-order valence-corrected chi connectivity index (χ0v) is 11.7. The topological polar surface area (TPSA) is 78.4 Å². The third-order valence-corrected chi connectivity index (χ3v) is 3.72. The van der Waals surface area contributed by atoms with Crippen LogP contribution >= 0.6 is 11.6 Å². The number of carbonyl (C=O) groups excluding carboxylic acids is 2. The van der Waals surface area contributed by atoms with Crippen molar-refractivity contribution in [3.8, 4) is 0 Å². The van der Waals surface area contributed by atoms with Crippen molar-refractivity contribution >= 4 is 23.4 Å². The fraction of sp³-hybridized carbons (Fsp3) is 0.429. The van der Waals surface area contributed by atoms with Crippen LogP contribution in [0.1, 0.15) is 23.2 Å². The largest absolute Gasteiger partial charge is 0.396 e. The summed E-state index contributed by atoms with van der Waals surface area (Å²) in [5.74, 6) is -0.577. The Morgan fingerprint density at radius 1 is 1.20 bits per heavy atom. The summed E-state index contributed by atoms with van der Waals surface area (Å²) in [6.07, 6.45) is 1.86. The van der Waals surface area contributed by atoms with E-state index in [0.29, 0.717) is 17.1 Å². The lowest BCUT2D eigenvalue weighted by Crippen LogP contribution is -2.39. The Kier molecular flexibility index (Phi) is 4.62. The molecule has 1 fully saturated rings. The summed E-state index contributed by atoms with van der Waals surface area (Å²) in [6.45, 7) is 0.465. The molecular formula is C14H17ClN2O3. The molecule has 5 nitrogen and oxygen atoms in total. The van der Waals surface area contributed by atoms with Gasteiger partial charge >= 0.3 is 0 Å². The number of nitrogens with one attached hydrogen (secondary N) is 2. The predicted octanol–water partition coefficient (Wildman–Crippen LogP) is 0.958. The van der Waals surface area contributed by atoms with Gasteiger partial charge in [-0.1, -0.05) is 11.6 Å². The van der Waals surface area contributed by atoms with Gasteiger partial charge in [-0.15, -0.1) is 0 Å². The average molecular weight is 297 g/mol. The first-order valence-corrected chi connectivity index (χ1v) is 6.84. The fourth-order valence-electron chi connectivity index (χ4n) is 1.78. The van der Waals surface area contributed by atoms with Crippen molar-refractivity contribution in [2.75, 3.05) is 19.7 Å². The van der Waals surface area contributed by atoms with Crippen LogP contribution in [0, 0.1) is 5.41 Å². The first kappa shape index (κ1) is 14.8. The van der Waals surface area contributed by atoms with E-state index in [1.54, 1.807) is 24.3 Å². The van der Waals surface area contributed by atoms with E-state index < -0.39 is 0 Å². The van der Waals surface area contributed by atoms with Crippen molar-refractivity contribution in [1.82, 2.24) is 10.6 Å². The molecule has 0 radical (unpaired) electrons. The van der Waals surface area contributed by atoms with Crippen molar-refractivity contribution in [2.24, 2.45) is 5.41 Å². The van der Waals surface area contributed by atoms with Gasteiger partial charge in [-0.2, -0.15) is 0 Å². The van der Waals surface area contributed by atoms with E-state index in [1.807, 2.05) is 0 Å². The molecule has 1 aliphatic carbocycles. The maximum Gasteiger partial charge on any atom is 0.251 e. The van der Waals surface area contributed by atoms with E-state index in [9.17, 15) is 9.59 Å². The Labute approximate surface area is 122 Å². The fourth-order valence-corrected chi connectivity index (χ4v) is 1.91. The van der Waals surface area contributed by atoms with Gasteiger partial charge in [0.05, 0.1) is 13.2 Å². The lowest BCUT2D eigenvalue weighted by molar-refractivity contribution is -0.120. The van der Waals surface area contributed by atoms with Crippen LogP contribution in [0.3, 0.4) is 0 Å². The molecule has 1 aliphatic rings. The highest BCUT2D eigenvalue weighted by Crippen LogP contribution is 2.44. The molecule has 3 N–H and O–H groups in total. The van der Waals surface area contributed by atoms with Gasteiger partial charge in [0, 0.05) is 22.5 Å². The van der Waals surface area contributed by atoms with Crippen LogP contribution in [0.4, 0.5) is 0 Å². The Balaban J connectivity index is 1.73. The Bertz CT molecular complexity index is 498. The van der Waals surface area contributed by atoms with E-state index in [-0.39, 0.29) is 30.4 Å². The van der Waals surface area contributed by atoms with Crippen molar-refractivity contribution < 1.29 is 14.7 Å². The predicted molar refractivity (Wildman–Crippen MR) is 75.5 cm³/mol. The lowest BCUT2D eigenvalue weighted by Gasteiger charge is -2.13. The molecular weight excluding hydrogens is 280 g/mol. The molecule has 0 saturated heterocycles. The minimum atomic E-state index is -0.319. The molecule has 0 spiro atoms. The monoisotopic (exact) mass is 296 g/mol. The number of benzene rings is 1. The third kappa shape index (κ3) is 3.95. The quantitative estimate of drug-likeness (QED) is 0.731. The number of halogens is 1. The van der Waals surface area contributed by atoms with Crippen molar-refractivity contribution in [3.05, 3.63) is 34.9 Å². The maximum absolute atomic E-state index is 11.8. The molecule has 1 aromatic carbocycles. The maximum atomic E-state index is 11.8. The van der Waals surface area contributed by atoms with Crippen LogP contribution in [0.2, 0.25) is 5.02 Å². The molecule has 6 heteroatoms. The lowest BCUT2D eigenvalue weighted by atomic mass is 10.1. The third-order valence-electron chi connectivity index (χ3n) is 3.47. The number of rotatable bonds is 6. The van der Waals surface area contributed by atoms with Gasteiger partial charge in [0.15, 0.2) is 0 Å². The van der Waals surface area contributed by atoms with Crippen LogP contribution < -0.4 is 10.6 Å². The van der Waals surface area contributed by atoms with Gasteiger partial charge in [-0.05, 0) is 37.1 Å². The summed E-state index contributed by atoms with van der Waals surface area (Å²) in [5, 5.41) is 14.9. The molecule has 0 bridgehead atoms. The molecule has 1 saturated carbocycles. The van der Waals surface area contributed by atoms with E-state index in [2.05, 4.69) is 10.6 Å². The van der Waals surface area contributed by atoms with Gasteiger partial charge < -0.3 is 15.7 Å². The minimum Gasteiger partial charge on any atom is -0.396 e. The van der Waals surface area contributed by atoms with E-state index in [0.717, 1.165) is 12.8 Å². The molecule has 20 heavy (non-hydrogen) atoms. The highest BCUT2D eigenvalue weighted by atomic mass is 35.5. The second-order valence-electron chi connectivity index (χ2n) is 5.12. The second kappa shape index (κ2) is 6.24. The summed E-state index contributed by atoms with van der Waals surface area (Å²) < 4.78 is 0. The highest BCUT2D eigenvalue weighted by Gasteiger charge is 2.41. The molecule has 0 unspecified atom stereocenters. The first-order valence-electron chi connectivity index (χ1n) is 6.46. The summed E-state index contributed by atoms with van der Waals surface area (Å²) in [4.78, 5) is 23.4. The number of hydrogen-bond donors (Lipinski definition) is 3. The van der Waals surface area contributed by atoms with Gasteiger partial charge in [0.25, 0.3) is 5.91 Å². The zero-order chi connectivity index (χ0) is 14.6. The standard InChI is InChI=1S/C14H17ClN2O3/c15-11-3-1-10(2-4-11)13(20)16-7-12(19)17-8-14(9-18)5-6-14/h1-4,18H,5-9H2,(H,16,20)(H,17,19). The van der Waals surface area contributed by atoms with Gasteiger partial charge in [-0.25, -0.2) is 0 Å². The van der Waals surface area contributed by atoms with Crippen LogP contribution in [0.25, 0.3) is 0 Å². The zero-order valence-electron chi connectivity index (χ0n) is 11.0. The van der Waals surface area contributed by atoms with Gasteiger partial charge in [-0.3, -0.25) is 9.59 Å². The van der Waals surface area contributed by atoms with Crippen molar-refractivity contribution in [2.45, 2.75) is 12.8 Å². The molecule has 0 heterocycles. The summed E-state index contributed by atoms with van der Waals surface area (Å²) in [6, 6.07) is 6.43. The first-order chi connectivity index (χ1) is 9.54. The SMILES string of the molecule is O=C(CNC(=O)c1ccc(Cl)cc1)NCC1(CO)CC1. The molecule has 0 aliphatic heterocycles. The molecule has 0 atom stereocenters. The molecule has 0 aromatic heterocycles. The average Bonchev–Trinajstić information content (AvgIpc) is 3.24. The molecule has 2 rings (SSSR count). The molecule has 108 valence electrons. The van der Waals surface area contributed by atoms with Crippen LogP contribution in [-0.4, -0.2) is 36.6 Å². The van der Waals surface area contributed by atoms with Crippen molar-refractivity contribution in [3.63, 3.8) is 0 Å². The summed E-state index contributed by atoms with van der Waals surface area (Å²) in [5.41, 5.74) is 0.326. The smallest absolute Gasteiger partial charge is 0.251 e. The van der Waals surface area contributed by atoms with Crippen LogP contribution in [0.15, 0.2) is 24.3 Å². The van der Waals surface area contributed by atoms with Crippen molar-refractivity contribution in [1.29, 1.82) is 0 Å². The van der Waals surface area contributed by atoms with Crippen LogP contribution in [-0.2, 0) is 4.79 Å². The van der Waals surface area contributed by atoms with Gasteiger partial charge in [0.1, 0.15) is 0 Å². The molecule has 2 amide bonds. The number of hydrogen-bond acceptors (Lipinski definition) is 3. The molecule has 1 aromatic rings. The second-order valence-corrected chi connectivity index (χ2v) is 5.56. The van der Waals surface area contributed by atoms with Gasteiger partial charge in [0.2, 0.25) is 5.91 Å². The summed E-state index contributed by atoms with van der Waals surface area (Å²) >= 11 is 5.73. The van der Waals surface area contributed by atoms with E-state index in [4.69, 9.17) is 16.7 Å². The summed E-state index contributed by atoms with van der Waals surface area (Å²) in [7, 11) is 0. The highest BCUT2D eigenvalue weighted by molar-refractivity contribution is 6.30. The number of carbonyl (C=O) groups is 2.